The van der Waals surface area contributed by atoms with Gasteiger partial charge >= 0.3 is 0 Å². The van der Waals surface area contributed by atoms with Crippen LogP contribution in [0.5, 0.6) is 0 Å². The highest BCUT2D eigenvalue weighted by atomic mass is 16.4. The molecule has 68 valence electrons. The van der Waals surface area contributed by atoms with Crippen LogP contribution < -0.4 is 0 Å². The Morgan fingerprint density at radius 2 is 2.42 bits per heavy atom. The minimum atomic E-state index is 0.543. The molecule has 2 aliphatic rings. The first-order valence-electron chi connectivity index (χ1n) is 4.94. The molecule has 2 nitrogen and oxygen atoms in total. The highest BCUT2D eigenvalue weighted by Crippen LogP contribution is 2.67. The average Bonchev–Trinajstić information content (AvgIpc) is 2.69. The summed E-state index contributed by atoms with van der Waals surface area (Å²) in [6, 6.07) is 0. The van der Waals surface area contributed by atoms with Gasteiger partial charge in [-0.25, -0.2) is 0 Å². The van der Waals surface area contributed by atoms with Crippen molar-refractivity contribution in [3.63, 3.8) is 0 Å². The van der Waals surface area contributed by atoms with Crippen molar-refractivity contribution < 1.29 is 5.21 Å². The van der Waals surface area contributed by atoms with Gasteiger partial charge in [-0.3, -0.25) is 0 Å². The molecule has 0 aromatic heterocycles. The van der Waals surface area contributed by atoms with Gasteiger partial charge in [-0.05, 0) is 30.6 Å². The first-order valence-corrected chi connectivity index (χ1v) is 4.94. The molecule has 0 aromatic carbocycles. The van der Waals surface area contributed by atoms with Gasteiger partial charge in [0.15, 0.2) is 0 Å². The van der Waals surface area contributed by atoms with Crippen molar-refractivity contribution in [1.82, 2.24) is 0 Å². The Balaban J connectivity index is 2.09. The van der Waals surface area contributed by atoms with E-state index in [1.165, 1.54) is 19.3 Å². The van der Waals surface area contributed by atoms with Gasteiger partial charge in [0.2, 0.25) is 0 Å². The third kappa shape index (κ3) is 0.900. The molecule has 2 aliphatic carbocycles. The predicted octanol–water partition coefficient (Wildman–Crippen LogP) is 2.66. The fraction of sp³-hybridized carbons (Fsp3) is 0.900. The molecular weight excluding hydrogens is 150 g/mol. The van der Waals surface area contributed by atoms with Crippen LogP contribution in [0.4, 0.5) is 0 Å². The Bertz CT molecular complexity index is 224. The van der Waals surface area contributed by atoms with Gasteiger partial charge < -0.3 is 5.21 Å². The third-order valence-electron chi connectivity index (χ3n) is 3.79. The highest BCUT2D eigenvalue weighted by molar-refractivity contribution is 5.90. The number of rotatable bonds is 2. The molecule has 2 fully saturated rings. The van der Waals surface area contributed by atoms with Gasteiger partial charge in [0.05, 0.1) is 5.71 Å². The molecular formula is C10H17NO. The van der Waals surface area contributed by atoms with Crippen molar-refractivity contribution >= 4 is 5.71 Å². The molecule has 0 heterocycles. The van der Waals surface area contributed by atoms with E-state index in [1.54, 1.807) is 0 Å². The number of oxime groups is 1. The van der Waals surface area contributed by atoms with Crippen LogP contribution in [-0.2, 0) is 0 Å². The van der Waals surface area contributed by atoms with Crippen molar-refractivity contribution in [3.05, 3.63) is 0 Å². The van der Waals surface area contributed by atoms with Crippen LogP contribution in [0.3, 0.4) is 0 Å². The molecule has 0 amide bonds. The molecule has 0 saturated heterocycles. The van der Waals surface area contributed by atoms with Crippen LogP contribution in [0, 0.1) is 17.3 Å². The quantitative estimate of drug-likeness (QED) is 0.497. The van der Waals surface area contributed by atoms with Crippen LogP contribution in [0.25, 0.3) is 0 Å². The topological polar surface area (TPSA) is 32.6 Å². The largest absolute Gasteiger partial charge is 0.411 e. The monoisotopic (exact) mass is 167 g/mol. The summed E-state index contributed by atoms with van der Waals surface area (Å²) in [5, 5.41) is 12.1. The molecule has 0 unspecified atom stereocenters. The van der Waals surface area contributed by atoms with Gasteiger partial charge in [0.1, 0.15) is 0 Å². The van der Waals surface area contributed by atoms with Crippen molar-refractivity contribution in [3.8, 4) is 0 Å². The minimum absolute atomic E-state index is 0.543. The van der Waals surface area contributed by atoms with E-state index in [9.17, 15) is 0 Å². The molecule has 2 heteroatoms. The van der Waals surface area contributed by atoms with Crippen molar-refractivity contribution in [2.24, 2.45) is 22.4 Å². The van der Waals surface area contributed by atoms with Crippen molar-refractivity contribution in [2.75, 3.05) is 0 Å². The minimum Gasteiger partial charge on any atom is -0.411 e. The van der Waals surface area contributed by atoms with Gasteiger partial charge in [-0.2, -0.15) is 0 Å². The first kappa shape index (κ1) is 8.09. The summed E-state index contributed by atoms with van der Waals surface area (Å²) in [6.45, 7) is 4.44. The fourth-order valence-electron chi connectivity index (χ4n) is 3.04. The van der Waals surface area contributed by atoms with Gasteiger partial charge in [-0.1, -0.05) is 25.4 Å². The molecule has 0 radical (unpaired) electrons. The summed E-state index contributed by atoms with van der Waals surface area (Å²) in [5.41, 5.74) is 1.61. The molecule has 1 N–H and O–H groups in total. The molecule has 2 rings (SSSR count). The van der Waals surface area contributed by atoms with E-state index < -0.39 is 0 Å². The van der Waals surface area contributed by atoms with E-state index >= 15 is 0 Å². The molecule has 0 aliphatic heterocycles. The molecule has 12 heavy (non-hydrogen) atoms. The zero-order valence-corrected chi connectivity index (χ0v) is 7.88. The molecule has 0 aromatic rings. The Labute approximate surface area is 73.7 Å². The van der Waals surface area contributed by atoms with Crippen LogP contribution >= 0.6 is 0 Å². The van der Waals surface area contributed by atoms with Crippen LogP contribution in [-0.4, -0.2) is 10.9 Å². The van der Waals surface area contributed by atoms with Crippen LogP contribution in [0.15, 0.2) is 5.16 Å². The van der Waals surface area contributed by atoms with E-state index in [2.05, 4.69) is 19.0 Å². The summed E-state index contributed by atoms with van der Waals surface area (Å²) in [5.74, 6) is 1.38. The van der Waals surface area contributed by atoms with Crippen LogP contribution in [0.2, 0.25) is 0 Å². The molecule has 0 spiro atoms. The molecule has 0 bridgehead atoms. The van der Waals surface area contributed by atoms with Gasteiger partial charge in [0.25, 0.3) is 0 Å². The van der Waals surface area contributed by atoms with E-state index in [0.29, 0.717) is 11.3 Å². The lowest BCUT2D eigenvalue weighted by Crippen LogP contribution is -2.07. The summed E-state index contributed by atoms with van der Waals surface area (Å²) in [4.78, 5) is 0. The lowest BCUT2D eigenvalue weighted by molar-refractivity contribution is 0.314. The van der Waals surface area contributed by atoms with Gasteiger partial charge in [-0.15, -0.1) is 0 Å². The zero-order valence-electron chi connectivity index (χ0n) is 7.88. The number of fused-ring (bicyclic) bond motifs is 1. The van der Waals surface area contributed by atoms with Crippen molar-refractivity contribution in [2.45, 2.75) is 39.5 Å². The second-order valence-electron chi connectivity index (χ2n) is 4.48. The normalized spacial score (nSPS) is 48.0. The van der Waals surface area contributed by atoms with E-state index in [4.69, 9.17) is 5.21 Å². The summed E-state index contributed by atoms with van der Waals surface area (Å²) in [7, 11) is 0. The smallest absolute Gasteiger partial charge is 0.0607 e. The number of hydrogen-bond acceptors (Lipinski definition) is 2. The Morgan fingerprint density at radius 1 is 1.67 bits per heavy atom. The molecule has 3 atom stereocenters. The zero-order chi connectivity index (χ0) is 8.77. The molecule has 2 saturated carbocycles. The highest BCUT2D eigenvalue weighted by Gasteiger charge is 2.61. The SMILES string of the molecule is CCC[C@@]12C/C(=N/O)[C@@H](C)[C@@H]1C2. The lowest BCUT2D eigenvalue weighted by Gasteiger charge is -2.08. The lowest BCUT2D eigenvalue weighted by atomic mass is 9.97. The van der Waals surface area contributed by atoms with Gasteiger partial charge in [0, 0.05) is 5.92 Å². The van der Waals surface area contributed by atoms with E-state index in [-0.39, 0.29) is 0 Å². The maximum atomic E-state index is 8.75. The first-order chi connectivity index (χ1) is 5.73. The maximum absolute atomic E-state index is 8.75. The van der Waals surface area contributed by atoms with Crippen LogP contribution in [0.1, 0.15) is 39.5 Å². The average molecular weight is 167 g/mol. The summed E-state index contributed by atoms with van der Waals surface area (Å²) in [6.07, 6.45) is 5.02. The maximum Gasteiger partial charge on any atom is 0.0607 e. The van der Waals surface area contributed by atoms with E-state index in [1.807, 2.05) is 0 Å². The standard InChI is InChI=1S/C10H17NO/c1-3-4-10-5-8(10)7(2)9(6-10)11-12/h7-8,12H,3-6H2,1-2H3/b11-9-/t7-,8-,10+/m0/s1. The second-order valence-corrected chi connectivity index (χ2v) is 4.48. The Hall–Kier alpha value is -0.530. The van der Waals surface area contributed by atoms with Crippen molar-refractivity contribution in [1.29, 1.82) is 0 Å². The summed E-state index contributed by atoms with van der Waals surface area (Å²) >= 11 is 0. The Morgan fingerprint density at radius 3 is 2.92 bits per heavy atom. The fourth-order valence-corrected chi connectivity index (χ4v) is 3.04. The summed E-state index contributed by atoms with van der Waals surface area (Å²) < 4.78 is 0. The van der Waals surface area contributed by atoms with E-state index in [0.717, 1.165) is 18.1 Å². The number of hydrogen-bond donors (Lipinski definition) is 1. The third-order valence-corrected chi connectivity index (χ3v) is 3.79. The number of nitrogens with zero attached hydrogens (tertiary/aromatic N) is 1. The Kier molecular flexibility index (Phi) is 1.67. The second kappa shape index (κ2) is 2.48. The predicted molar refractivity (Wildman–Crippen MR) is 48.5 cm³/mol.